The minimum Gasteiger partial charge on any atom is -0.478 e. The third-order valence-electron chi connectivity index (χ3n) is 2.54. The highest BCUT2D eigenvalue weighted by Gasteiger charge is 2.24. The van der Waals surface area contributed by atoms with Gasteiger partial charge in [0.05, 0.1) is 5.56 Å². The molecule has 1 aromatic rings. The molecule has 5 nitrogen and oxygen atoms in total. The molecule has 0 unspecified atom stereocenters. The number of rotatable bonds is 5. The summed E-state index contributed by atoms with van der Waals surface area (Å²) in [5.41, 5.74) is -0.523. The summed E-state index contributed by atoms with van der Waals surface area (Å²) in [6.07, 6.45) is 1.78. The number of halogens is 2. The van der Waals surface area contributed by atoms with E-state index < -0.39 is 41.4 Å². The molecule has 1 aliphatic carbocycles. The van der Waals surface area contributed by atoms with Gasteiger partial charge in [-0.15, -0.1) is 0 Å². The molecule has 0 atom stereocenters. The first-order chi connectivity index (χ1) is 8.97. The van der Waals surface area contributed by atoms with Gasteiger partial charge in [0.25, 0.3) is 5.91 Å². The number of amides is 1. The number of carboxylic acids is 1. The summed E-state index contributed by atoms with van der Waals surface area (Å²) in [4.78, 5) is 21.9. The highest BCUT2D eigenvalue weighted by Crippen LogP contribution is 2.23. The minimum absolute atomic E-state index is 0.125. The fourth-order valence-corrected chi connectivity index (χ4v) is 1.46. The Balaban J connectivity index is 2.03. The van der Waals surface area contributed by atoms with Crippen molar-refractivity contribution in [3.05, 3.63) is 29.3 Å². The topological polar surface area (TPSA) is 75.6 Å². The van der Waals surface area contributed by atoms with E-state index in [-0.39, 0.29) is 6.04 Å². The second-order valence-corrected chi connectivity index (χ2v) is 4.20. The van der Waals surface area contributed by atoms with Crippen molar-refractivity contribution in [1.29, 1.82) is 0 Å². The molecule has 0 saturated heterocycles. The van der Waals surface area contributed by atoms with E-state index in [1.165, 1.54) is 0 Å². The zero-order valence-corrected chi connectivity index (χ0v) is 9.78. The summed E-state index contributed by atoms with van der Waals surface area (Å²) in [5.74, 6) is -4.98. The Kier molecular flexibility index (Phi) is 3.64. The third-order valence-corrected chi connectivity index (χ3v) is 2.54. The first-order valence-corrected chi connectivity index (χ1v) is 5.62. The van der Waals surface area contributed by atoms with Crippen LogP contribution in [0.5, 0.6) is 5.75 Å². The van der Waals surface area contributed by atoms with Gasteiger partial charge in [-0.2, -0.15) is 0 Å². The first kappa shape index (κ1) is 13.3. The molecule has 102 valence electrons. The van der Waals surface area contributed by atoms with Crippen molar-refractivity contribution < 1.29 is 28.2 Å². The number of benzene rings is 1. The standard InChI is InChI=1S/C12H11F2NO4/c13-8-3-6(12(17)18)4-9(14)11(8)19-5-10(16)15-7-1-2-7/h3-4,7H,1-2,5H2,(H,15,16)(H,17,18). The van der Waals surface area contributed by atoms with Crippen LogP contribution in [0.4, 0.5) is 8.78 Å². The molecule has 7 heteroatoms. The average molecular weight is 271 g/mol. The first-order valence-electron chi connectivity index (χ1n) is 5.62. The number of carbonyl (C=O) groups excluding carboxylic acids is 1. The third kappa shape index (κ3) is 3.40. The van der Waals surface area contributed by atoms with Gasteiger partial charge < -0.3 is 15.2 Å². The monoisotopic (exact) mass is 271 g/mol. The molecule has 0 aromatic heterocycles. The number of ether oxygens (including phenoxy) is 1. The van der Waals surface area contributed by atoms with Gasteiger partial charge in [-0.1, -0.05) is 0 Å². The van der Waals surface area contributed by atoms with E-state index in [1.807, 2.05) is 0 Å². The van der Waals surface area contributed by atoms with Gasteiger partial charge in [0.2, 0.25) is 0 Å². The maximum atomic E-state index is 13.4. The number of carbonyl (C=O) groups is 2. The zero-order valence-electron chi connectivity index (χ0n) is 9.78. The van der Waals surface area contributed by atoms with Crippen LogP contribution in [0.3, 0.4) is 0 Å². The number of hydrogen-bond acceptors (Lipinski definition) is 3. The molecular formula is C12H11F2NO4. The molecule has 1 saturated carbocycles. The van der Waals surface area contributed by atoms with Gasteiger partial charge in [-0.3, -0.25) is 4.79 Å². The minimum atomic E-state index is -1.45. The van der Waals surface area contributed by atoms with Crippen LogP contribution >= 0.6 is 0 Å². The van der Waals surface area contributed by atoms with Crippen LogP contribution in [0.25, 0.3) is 0 Å². The van der Waals surface area contributed by atoms with Crippen LogP contribution < -0.4 is 10.1 Å². The van der Waals surface area contributed by atoms with Crippen LogP contribution in [0.1, 0.15) is 23.2 Å². The maximum absolute atomic E-state index is 13.4. The lowest BCUT2D eigenvalue weighted by Gasteiger charge is -2.09. The predicted molar refractivity (Wildman–Crippen MR) is 60.0 cm³/mol. The second kappa shape index (κ2) is 5.21. The summed E-state index contributed by atoms with van der Waals surface area (Å²) in [6.45, 7) is -0.517. The van der Waals surface area contributed by atoms with Crippen LogP contribution in [0.2, 0.25) is 0 Å². The van der Waals surface area contributed by atoms with E-state index in [0.717, 1.165) is 12.8 Å². The fourth-order valence-electron chi connectivity index (χ4n) is 1.46. The lowest BCUT2D eigenvalue weighted by atomic mass is 10.2. The van der Waals surface area contributed by atoms with Crippen molar-refractivity contribution >= 4 is 11.9 Å². The summed E-state index contributed by atoms with van der Waals surface area (Å²) in [7, 11) is 0. The van der Waals surface area contributed by atoms with Gasteiger partial charge in [0, 0.05) is 6.04 Å². The molecule has 1 aromatic carbocycles. The summed E-state index contributed by atoms with van der Waals surface area (Å²) < 4.78 is 31.6. The van der Waals surface area contributed by atoms with Crippen molar-refractivity contribution in [1.82, 2.24) is 5.32 Å². The zero-order chi connectivity index (χ0) is 14.0. The molecule has 0 spiro atoms. The SMILES string of the molecule is O=C(COc1c(F)cc(C(=O)O)cc1F)NC1CC1. The van der Waals surface area contributed by atoms with Crippen molar-refractivity contribution in [2.24, 2.45) is 0 Å². The number of carboxylic acid groups (broad SMARTS) is 1. The molecule has 1 amide bonds. The summed E-state index contributed by atoms with van der Waals surface area (Å²) in [6, 6.07) is 1.40. The van der Waals surface area contributed by atoms with Crippen molar-refractivity contribution in [3.8, 4) is 5.75 Å². The van der Waals surface area contributed by atoms with Gasteiger partial charge in [0.15, 0.2) is 24.0 Å². The predicted octanol–water partition coefficient (Wildman–Crippen LogP) is 1.32. The van der Waals surface area contributed by atoms with E-state index >= 15 is 0 Å². The Morgan fingerprint density at radius 2 is 1.89 bits per heavy atom. The lowest BCUT2D eigenvalue weighted by Crippen LogP contribution is -2.30. The van der Waals surface area contributed by atoms with E-state index in [9.17, 15) is 18.4 Å². The maximum Gasteiger partial charge on any atom is 0.335 e. The summed E-state index contributed by atoms with van der Waals surface area (Å²) >= 11 is 0. The van der Waals surface area contributed by atoms with Crippen molar-refractivity contribution in [3.63, 3.8) is 0 Å². The Bertz CT molecular complexity index is 505. The number of nitrogens with one attached hydrogen (secondary N) is 1. The van der Waals surface area contributed by atoms with E-state index in [1.54, 1.807) is 0 Å². The number of hydrogen-bond donors (Lipinski definition) is 2. The Morgan fingerprint density at radius 3 is 2.37 bits per heavy atom. The second-order valence-electron chi connectivity index (χ2n) is 4.20. The van der Waals surface area contributed by atoms with Crippen LogP contribution in [0, 0.1) is 11.6 Å². The molecule has 2 N–H and O–H groups in total. The Labute approximate surface area is 107 Å². The van der Waals surface area contributed by atoms with Gasteiger partial charge in [0.1, 0.15) is 0 Å². The smallest absolute Gasteiger partial charge is 0.335 e. The van der Waals surface area contributed by atoms with Crippen molar-refractivity contribution in [2.45, 2.75) is 18.9 Å². The normalized spacial score (nSPS) is 14.0. The quantitative estimate of drug-likeness (QED) is 0.847. The molecule has 1 aliphatic rings. The van der Waals surface area contributed by atoms with Gasteiger partial charge in [-0.25, -0.2) is 13.6 Å². The highest BCUT2D eigenvalue weighted by atomic mass is 19.1. The Morgan fingerprint density at radius 1 is 1.32 bits per heavy atom. The molecule has 0 radical (unpaired) electrons. The van der Waals surface area contributed by atoms with Gasteiger partial charge in [-0.05, 0) is 25.0 Å². The lowest BCUT2D eigenvalue weighted by molar-refractivity contribution is -0.123. The van der Waals surface area contributed by atoms with Crippen LogP contribution in [0.15, 0.2) is 12.1 Å². The summed E-state index contributed by atoms with van der Waals surface area (Å²) in [5, 5.41) is 11.2. The Hall–Kier alpha value is -2.18. The van der Waals surface area contributed by atoms with E-state index in [2.05, 4.69) is 5.32 Å². The van der Waals surface area contributed by atoms with Crippen LogP contribution in [-0.4, -0.2) is 29.6 Å². The molecule has 19 heavy (non-hydrogen) atoms. The van der Waals surface area contributed by atoms with E-state index in [0.29, 0.717) is 12.1 Å². The highest BCUT2D eigenvalue weighted by molar-refractivity contribution is 5.87. The van der Waals surface area contributed by atoms with Crippen molar-refractivity contribution in [2.75, 3.05) is 6.61 Å². The molecule has 0 aliphatic heterocycles. The van der Waals surface area contributed by atoms with E-state index in [4.69, 9.17) is 9.84 Å². The molecule has 2 rings (SSSR count). The van der Waals surface area contributed by atoms with Gasteiger partial charge >= 0.3 is 5.97 Å². The number of aromatic carboxylic acids is 1. The molecule has 0 heterocycles. The fraction of sp³-hybridized carbons (Fsp3) is 0.333. The molecule has 1 fully saturated rings. The van der Waals surface area contributed by atoms with Crippen LogP contribution in [-0.2, 0) is 4.79 Å². The average Bonchev–Trinajstić information content (AvgIpc) is 3.11. The molecular weight excluding hydrogens is 260 g/mol. The largest absolute Gasteiger partial charge is 0.478 e. The molecule has 0 bridgehead atoms.